The maximum atomic E-state index is 12.9. The van der Waals surface area contributed by atoms with Gasteiger partial charge in [-0.05, 0) is 63.1 Å². The van der Waals surface area contributed by atoms with Crippen molar-refractivity contribution in [1.29, 1.82) is 0 Å². The number of benzene rings is 2. The van der Waals surface area contributed by atoms with Gasteiger partial charge in [0.25, 0.3) is 11.5 Å². The number of fused-ring (bicyclic) bond motifs is 2. The molecule has 2 heterocycles. The number of carbonyl (C=O) groups is 2. The highest BCUT2D eigenvalue weighted by atomic mass is 16.2. The average Bonchev–Trinajstić information content (AvgIpc) is 3.17. The van der Waals surface area contributed by atoms with E-state index in [4.69, 9.17) is 0 Å². The molecule has 2 aromatic carbocycles. The summed E-state index contributed by atoms with van der Waals surface area (Å²) in [5, 5.41) is 9.05. The Morgan fingerprint density at radius 1 is 1.00 bits per heavy atom. The molecular weight excluding hydrogens is 440 g/mol. The Bertz CT molecular complexity index is 1320. The minimum atomic E-state index is -0.127. The molecule has 5 rings (SSSR count). The van der Waals surface area contributed by atoms with Gasteiger partial charge in [0.05, 0.1) is 23.5 Å². The van der Waals surface area contributed by atoms with E-state index >= 15 is 0 Å². The summed E-state index contributed by atoms with van der Waals surface area (Å²) in [7, 11) is 0. The van der Waals surface area contributed by atoms with Crippen LogP contribution in [0.1, 0.15) is 67.2 Å². The van der Waals surface area contributed by atoms with Gasteiger partial charge in [-0.3, -0.25) is 14.4 Å². The number of carbonyl (C=O) groups excluding carboxylic acids is 2. The van der Waals surface area contributed by atoms with Gasteiger partial charge in [-0.2, -0.15) is 5.10 Å². The Balaban J connectivity index is 1.18. The first-order valence-electron chi connectivity index (χ1n) is 12.6. The van der Waals surface area contributed by atoms with Crippen LogP contribution in [0, 0.1) is 5.92 Å². The molecule has 0 radical (unpaired) electrons. The van der Waals surface area contributed by atoms with Crippen LogP contribution in [0.4, 0.5) is 0 Å². The SMILES string of the molecule is CC(C)n1nc(CC(=O)NC2CCC(CN3Cc4ccccc4C3=O)CC2)c2ccccc2c1=O. The zero-order valence-electron chi connectivity index (χ0n) is 20.4. The maximum absolute atomic E-state index is 12.9. The summed E-state index contributed by atoms with van der Waals surface area (Å²) >= 11 is 0. The molecule has 0 saturated heterocycles. The van der Waals surface area contributed by atoms with Gasteiger partial charge in [0, 0.05) is 30.1 Å². The molecule has 1 aliphatic heterocycles. The summed E-state index contributed by atoms with van der Waals surface area (Å²) < 4.78 is 1.47. The van der Waals surface area contributed by atoms with Gasteiger partial charge in [-0.1, -0.05) is 36.4 Å². The van der Waals surface area contributed by atoms with Gasteiger partial charge in [-0.25, -0.2) is 4.68 Å². The zero-order chi connectivity index (χ0) is 24.5. The molecule has 7 heteroatoms. The van der Waals surface area contributed by atoms with Crippen molar-refractivity contribution in [1.82, 2.24) is 20.0 Å². The van der Waals surface area contributed by atoms with Crippen LogP contribution in [-0.2, 0) is 17.8 Å². The third kappa shape index (κ3) is 4.72. The number of nitrogens with one attached hydrogen (secondary N) is 1. The fourth-order valence-electron chi connectivity index (χ4n) is 5.45. The topological polar surface area (TPSA) is 84.3 Å². The van der Waals surface area contributed by atoms with Crippen LogP contribution in [0.15, 0.2) is 53.3 Å². The maximum Gasteiger partial charge on any atom is 0.274 e. The summed E-state index contributed by atoms with van der Waals surface area (Å²) in [5.74, 6) is 0.533. The Morgan fingerprint density at radius 3 is 2.40 bits per heavy atom. The third-order valence-corrected chi connectivity index (χ3v) is 7.31. The Morgan fingerprint density at radius 2 is 1.69 bits per heavy atom. The van der Waals surface area contributed by atoms with E-state index < -0.39 is 0 Å². The molecule has 3 aromatic rings. The van der Waals surface area contributed by atoms with E-state index in [2.05, 4.69) is 10.4 Å². The number of hydrogen-bond donors (Lipinski definition) is 1. The van der Waals surface area contributed by atoms with E-state index in [1.165, 1.54) is 4.68 Å². The van der Waals surface area contributed by atoms with Crippen molar-refractivity contribution < 1.29 is 9.59 Å². The van der Waals surface area contributed by atoms with Crippen LogP contribution in [0.25, 0.3) is 10.8 Å². The summed E-state index contributed by atoms with van der Waals surface area (Å²) in [4.78, 5) is 40.3. The molecule has 2 aliphatic rings. The molecule has 1 N–H and O–H groups in total. The summed E-state index contributed by atoms with van der Waals surface area (Å²) in [6.45, 7) is 5.31. The van der Waals surface area contributed by atoms with E-state index in [1.54, 1.807) is 6.07 Å². The molecule has 0 spiro atoms. The van der Waals surface area contributed by atoms with Crippen molar-refractivity contribution in [3.63, 3.8) is 0 Å². The number of aromatic nitrogens is 2. The van der Waals surface area contributed by atoms with Crippen molar-refractivity contribution >= 4 is 22.6 Å². The number of amides is 2. The highest BCUT2D eigenvalue weighted by Gasteiger charge is 2.31. The van der Waals surface area contributed by atoms with Gasteiger partial charge in [0.1, 0.15) is 0 Å². The molecule has 0 atom stereocenters. The normalized spacial score (nSPS) is 19.9. The van der Waals surface area contributed by atoms with Crippen LogP contribution in [0.2, 0.25) is 0 Å². The highest BCUT2D eigenvalue weighted by molar-refractivity contribution is 5.98. The minimum absolute atomic E-state index is 0.0646. The fourth-order valence-corrected chi connectivity index (χ4v) is 5.45. The van der Waals surface area contributed by atoms with Gasteiger partial charge in [0.15, 0.2) is 0 Å². The first kappa shape index (κ1) is 23.3. The lowest BCUT2D eigenvalue weighted by Crippen LogP contribution is -2.40. The van der Waals surface area contributed by atoms with E-state index in [-0.39, 0.29) is 35.9 Å². The predicted molar refractivity (Wildman–Crippen MR) is 135 cm³/mol. The van der Waals surface area contributed by atoms with Crippen molar-refractivity contribution in [2.24, 2.45) is 5.92 Å². The van der Waals surface area contributed by atoms with Crippen LogP contribution in [-0.4, -0.2) is 39.1 Å². The molecule has 7 nitrogen and oxygen atoms in total. The summed E-state index contributed by atoms with van der Waals surface area (Å²) in [6.07, 6.45) is 3.94. The Kier molecular flexibility index (Phi) is 6.41. The van der Waals surface area contributed by atoms with Crippen LogP contribution in [0.5, 0.6) is 0 Å². The van der Waals surface area contributed by atoms with Crippen molar-refractivity contribution in [2.45, 2.75) is 64.6 Å². The zero-order valence-corrected chi connectivity index (χ0v) is 20.4. The van der Waals surface area contributed by atoms with E-state index in [0.29, 0.717) is 23.5 Å². The summed E-state index contributed by atoms with van der Waals surface area (Å²) in [6, 6.07) is 15.3. The molecule has 2 amide bonds. The minimum Gasteiger partial charge on any atom is -0.353 e. The molecule has 1 saturated carbocycles. The molecule has 0 bridgehead atoms. The lowest BCUT2D eigenvalue weighted by Gasteiger charge is -2.31. The molecule has 1 aliphatic carbocycles. The standard InChI is InChI=1S/C28H32N4O3/c1-18(2)32-28(35)24-10-6-5-9-23(24)25(30-32)15-26(33)29-21-13-11-19(12-14-21)16-31-17-20-7-3-4-8-22(20)27(31)34/h3-10,18-19,21H,11-17H2,1-2H3,(H,29,33). The molecule has 182 valence electrons. The van der Waals surface area contributed by atoms with Crippen LogP contribution < -0.4 is 10.9 Å². The van der Waals surface area contributed by atoms with Crippen molar-refractivity contribution in [2.75, 3.05) is 6.54 Å². The van der Waals surface area contributed by atoms with Gasteiger partial charge in [-0.15, -0.1) is 0 Å². The quantitative estimate of drug-likeness (QED) is 0.591. The van der Waals surface area contributed by atoms with Gasteiger partial charge in [0.2, 0.25) is 5.91 Å². The molecule has 1 fully saturated rings. The second-order valence-electron chi connectivity index (χ2n) is 10.1. The molecule has 35 heavy (non-hydrogen) atoms. The number of rotatable bonds is 6. The van der Waals surface area contributed by atoms with E-state index in [9.17, 15) is 14.4 Å². The molecule has 1 aromatic heterocycles. The van der Waals surface area contributed by atoms with Crippen LogP contribution in [0.3, 0.4) is 0 Å². The van der Waals surface area contributed by atoms with Crippen LogP contribution >= 0.6 is 0 Å². The lowest BCUT2D eigenvalue weighted by molar-refractivity contribution is -0.121. The van der Waals surface area contributed by atoms with Gasteiger partial charge < -0.3 is 10.2 Å². The highest BCUT2D eigenvalue weighted by Crippen LogP contribution is 2.29. The first-order chi connectivity index (χ1) is 16.9. The van der Waals surface area contributed by atoms with Crippen molar-refractivity contribution in [3.8, 4) is 0 Å². The smallest absolute Gasteiger partial charge is 0.274 e. The second kappa shape index (κ2) is 9.64. The Hall–Kier alpha value is -3.48. The largest absolute Gasteiger partial charge is 0.353 e. The Labute approximate surface area is 205 Å². The lowest BCUT2D eigenvalue weighted by atomic mass is 9.85. The average molecular weight is 473 g/mol. The first-order valence-corrected chi connectivity index (χ1v) is 12.6. The predicted octanol–water partition coefficient (Wildman–Crippen LogP) is 3.85. The van der Waals surface area contributed by atoms with Gasteiger partial charge >= 0.3 is 0 Å². The van der Waals surface area contributed by atoms with E-state index in [0.717, 1.165) is 48.7 Å². The third-order valence-electron chi connectivity index (χ3n) is 7.31. The monoisotopic (exact) mass is 472 g/mol. The number of nitrogens with zero attached hydrogens (tertiary/aromatic N) is 3. The molecular formula is C28H32N4O3. The second-order valence-corrected chi connectivity index (χ2v) is 10.1. The number of hydrogen-bond acceptors (Lipinski definition) is 4. The van der Waals surface area contributed by atoms with Crippen molar-refractivity contribution in [3.05, 3.63) is 75.7 Å². The van der Waals surface area contributed by atoms with E-state index in [1.807, 2.05) is 61.2 Å². The fraction of sp³-hybridized carbons (Fsp3) is 0.429. The molecule has 0 unspecified atom stereocenters. The summed E-state index contributed by atoms with van der Waals surface area (Å²) in [5.41, 5.74) is 2.45.